The van der Waals surface area contributed by atoms with Crippen molar-refractivity contribution in [3.05, 3.63) is 23.2 Å². The normalized spacial score (nSPS) is 17.2. The van der Waals surface area contributed by atoms with E-state index in [1.54, 1.807) is 25.2 Å². The number of nitrogens with zero attached hydrogens (tertiary/aromatic N) is 1. The van der Waals surface area contributed by atoms with Gasteiger partial charge in [-0.15, -0.1) is 0 Å². The summed E-state index contributed by atoms with van der Waals surface area (Å²) in [4.78, 5) is 0.0252. The number of sulfonamides is 1. The van der Waals surface area contributed by atoms with E-state index in [1.165, 1.54) is 17.1 Å². The third-order valence-corrected chi connectivity index (χ3v) is 6.02. The zero-order chi connectivity index (χ0) is 14.0. The van der Waals surface area contributed by atoms with Gasteiger partial charge < -0.3 is 5.73 Å². The Kier molecular flexibility index (Phi) is 4.38. The molecule has 0 saturated heterocycles. The summed E-state index contributed by atoms with van der Waals surface area (Å²) >= 11 is 5.99. The quantitative estimate of drug-likeness (QED) is 0.870. The van der Waals surface area contributed by atoms with Crippen LogP contribution in [-0.2, 0) is 10.0 Å². The summed E-state index contributed by atoms with van der Waals surface area (Å²) in [6.07, 6.45) is 4.56. The van der Waals surface area contributed by atoms with Gasteiger partial charge in [0.15, 0.2) is 0 Å². The van der Waals surface area contributed by atoms with E-state index in [1.807, 2.05) is 0 Å². The number of benzene rings is 1. The molecule has 106 valence electrons. The molecular formula is C13H19ClN2O2S. The molecule has 0 aromatic heterocycles. The molecule has 6 heteroatoms. The van der Waals surface area contributed by atoms with E-state index in [2.05, 4.69) is 0 Å². The highest BCUT2D eigenvalue weighted by molar-refractivity contribution is 7.89. The van der Waals surface area contributed by atoms with Crippen LogP contribution in [0.3, 0.4) is 0 Å². The standard InChI is InChI=1S/C13H19ClN2O2S/c1-16(9-10-5-2-3-6-10)19(17,18)13-11(14)7-4-8-12(13)15/h4,7-8,10H,2-3,5-6,9,15H2,1H3. The Bertz CT molecular complexity index is 534. The lowest BCUT2D eigenvalue weighted by Crippen LogP contribution is -2.31. The molecule has 1 aliphatic rings. The van der Waals surface area contributed by atoms with Crippen LogP contribution in [0.2, 0.25) is 5.02 Å². The van der Waals surface area contributed by atoms with Crippen LogP contribution in [0.5, 0.6) is 0 Å². The Morgan fingerprint density at radius 1 is 1.37 bits per heavy atom. The van der Waals surface area contributed by atoms with E-state index in [-0.39, 0.29) is 15.6 Å². The van der Waals surface area contributed by atoms with Crippen molar-refractivity contribution in [2.45, 2.75) is 30.6 Å². The van der Waals surface area contributed by atoms with E-state index >= 15 is 0 Å². The lowest BCUT2D eigenvalue weighted by Gasteiger charge is -2.22. The molecule has 2 N–H and O–H groups in total. The number of hydrogen-bond acceptors (Lipinski definition) is 3. The summed E-state index contributed by atoms with van der Waals surface area (Å²) in [6, 6.07) is 4.75. The minimum atomic E-state index is -3.61. The molecule has 0 atom stereocenters. The van der Waals surface area contributed by atoms with Gasteiger partial charge in [-0.3, -0.25) is 0 Å². The average Bonchev–Trinajstić information content (AvgIpc) is 2.81. The van der Waals surface area contributed by atoms with Gasteiger partial charge in [0.1, 0.15) is 4.90 Å². The maximum Gasteiger partial charge on any atom is 0.246 e. The first kappa shape index (κ1) is 14.6. The molecule has 0 heterocycles. The summed E-state index contributed by atoms with van der Waals surface area (Å²) < 4.78 is 26.4. The van der Waals surface area contributed by atoms with Crippen LogP contribution in [0.15, 0.2) is 23.1 Å². The van der Waals surface area contributed by atoms with Crippen molar-refractivity contribution >= 4 is 27.3 Å². The van der Waals surface area contributed by atoms with Gasteiger partial charge in [0.2, 0.25) is 10.0 Å². The highest BCUT2D eigenvalue weighted by atomic mass is 35.5. The first-order chi connectivity index (χ1) is 8.93. The number of nitrogen functional groups attached to an aromatic ring is 1. The minimum absolute atomic E-state index is 0.0252. The maximum absolute atomic E-state index is 12.5. The summed E-state index contributed by atoms with van der Waals surface area (Å²) in [6.45, 7) is 0.535. The summed E-state index contributed by atoms with van der Waals surface area (Å²) in [5.41, 5.74) is 5.96. The van der Waals surface area contributed by atoms with Crippen LogP contribution in [0, 0.1) is 5.92 Å². The average molecular weight is 303 g/mol. The van der Waals surface area contributed by atoms with Gasteiger partial charge in [-0.25, -0.2) is 12.7 Å². The van der Waals surface area contributed by atoms with E-state index in [0.29, 0.717) is 12.5 Å². The fourth-order valence-electron chi connectivity index (χ4n) is 2.61. The minimum Gasteiger partial charge on any atom is -0.398 e. The molecular weight excluding hydrogens is 284 g/mol. The second-order valence-corrected chi connectivity index (χ2v) is 7.48. The third kappa shape index (κ3) is 3.04. The monoisotopic (exact) mass is 302 g/mol. The molecule has 0 bridgehead atoms. The van der Waals surface area contributed by atoms with E-state index in [0.717, 1.165) is 12.8 Å². The predicted octanol–water partition coefficient (Wildman–Crippen LogP) is 2.73. The van der Waals surface area contributed by atoms with Crippen LogP contribution in [0.4, 0.5) is 5.69 Å². The van der Waals surface area contributed by atoms with Gasteiger partial charge in [-0.1, -0.05) is 30.5 Å². The van der Waals surface area contributed by atoms with Gasteiger partial charge in [-0.05, 0) is 30.9 Å². The fourth-order valence-corrected chi connectivity index (χ4v) is 4.48. The number of anilines is 1. The van der Waals surface area contributed by atoms with Crippen LogP contribution < -0.4 is 5.73 Å². The van der Waals surface area contributed by atoms with Crippen molar-refractivity contribution in [1.29, 1.82) is 0 Å². The zero-order valence-electron chi connectivity index (χ0n) is 11.0. The van der Waals surface area contributed by atoms with Crippen molar-refractivity contribution in [2.24, 2.45) is 5.92 Å². The van der Waals surface area contributed by atoms with Crippen LogP contribution >= 0.6 is 11.6 Å². The van der Waals surface area contributed by atoms with Crippen LogP contribution in [0.25, 0.3) is 0 Å². The van der Waals surface area contributed by atoms with Gasteiger partial charge in [-0.2, -0.15) is 0 Å². The highest BCUT2D eigenvalue weighted by Crippen LogP contribution is 2.31. The largest absolute Gasteiger partial charge is 0.398 e. The van der Waals surface area contributed by atoms with Crippen LogP contribution in [-0.4, -0.2) is 26.3 Å². The highest BCUT2D eigenvalue weighted by Gasteiger charge is 2.28. The molecule has 1 fully saturated rings. The number of rotatable bonds is 4. The molecule has 1 aliphatic carbocycles. The molecule has 2 rings (SSSR count). The van der Waals surface area contributed by atoms with Crippen molar-refractivity contribution in [1.82, 2.24) is 4.31 Å². The van der Waals surface area contributed by atoms with E-state index in [4.69, 9.17) is 17.3 Å². The van der Waals surface area contributed by atoms with E-state index < -0.39 is 10.0 Å². The molecule has 0 radical (unpaired) electrons. The fraction of sp³-hybridized carbons (Fsp3) is 0.538. The second kappa shape index (κ2) is 5.69. The summed E-state index contributed by atoms with van der Waals surface area (Å²) in [5, 5.41) is 0.179. The van der Waals surface area contributed by atoms with E-state index in [9.17, 15) is 8.42 Å². The van der Waals surface area contributed by atoms with Crippen molar-refractivity contribution in [3.63, 3.8) is 0 Å². The molecule has 19 heavy (non-hydrogen) atoms. The Labute approximate surface area is 119 Å². The van der Waals surface area contributed by atoms with Crippen LogP contribution in [0.1, 0.15) is 25.7 Å². The molecule has 1 saturated carbocycles. The van der Waals surface area contributed by atoms with Gasteiger partial charge in [0.25, 0.3) is 0 Å². The van der Waals surface area contributed by atoms with Gasteiger partial charge in [0.05, 0.1) is 10.7 Å². The zero-order valence-corrected chi connectivity index (χ0v) is 12.5. The first-order valence-electron chi connectivity index (χ1n) is 6.43. The topological polar surface area (TPSA) is 63.4 Å². The predicted molar refractivity (Wildman–Crippen MR) is 77.6 cm³/mol. The molecule has 0 amide bonds. The number of hydrogen-bond donors (Lipinski definition) is 1. The Morgan fingerprint density at radius 3 is 2.58 bits per heavy atom. The number of halogens is 1. The van der Waals surface area contributed by atoms with Crippen molar-refractivity contribution in [2.75, 3.05) is 19.3 Å². The van der Waals surface area contributed by atoms with Gasteiger partial charge in [0, 0.05) is 13.6 Å². The molecule has 4 nitrogen and oxygen atoms in total. The van der Waals surface area contributed by atoms with Crippen molar-refractivity contribution < 1.29 is 8.42 Å². The molecule has 1 aromatic rings. The Morgan fingerprint density at radius 2 is 2.00 bits per heavy atom. The Balaban J connectivity index is 2.26. The smallest absolute Gasteiger partial charge is 0.246 e. The third-order valence-electron chi connectivity index (χ3n) is 3.66. The molecule has 0 unspecified atom stereocenters. The lowest BCUT2D eigenvalue weighted by molar-refractivity contribution is 0.387. The first-order valence-corrected chi connectivity index (χ1v) is 8.25. The Hall–Kier alpha value is -0.780. The second-order valence-electron chi connectivity index (χ2n) is 5.09. The SMILES string of the molecule is CN(CC1CCCC1)S(=O)(=O)c1c(N)cccc1Cl. The number of nitrogens with two attached hydrogens (primary N) is 1. The van der Waals surface area contributed by atoms with Gasteiger partial charge >= 0.3 is 0 Å². The molecule has 0 aliphatic heterocycles. The molecule has 1 aromatic carbocycles. The van der Waals surface area contributed by atoms with Crippen molar-refractivity contribution in [3.8, 4) is 0 Å². The summed E-state index contributed by atoms with van der Waals surface area (Å²) in [7, 11) is -2.02. The lowest BCUT2D eigenvalue weighted by atomic mass is 10.1. The maximum atomic E-state index is 12.5. The summed E-state index contributed by atoms with van der Waals surface area (Å²) in [5.74, 6) is 0.448. The molecule has 0 spiro atoms.